The molecule has 0 spiro atoms. The van der Waals surface area contributed by atoms with Gasteiger partial charge in [-0.15, -0.1) is 0 Å². The summed E-state index contributed by atoms with van der Waals surface area (Å²) < 4.78 is 11.1. The minimum atomic E-state index is -1.19. The van der Waals surface area contributed by atoms with Gasteiger partial charge in [-0.1, -0.05) is 12.1 Å². The molecule has 1 aromatic carbocycles. The van der Waals surface area contributed by atoms with E-state index in [1.54, 1.807) is 0 Å². The highest BCUT2D eigenvalue weighted by Gasteiger charge is 2.24. The summed E-state index contributed by atoms with van der Waals surface area (Å²) in [6, 6.07) is 7.33. The first-order valence-electron chi connectivity index (χ1n) is 9.90. The summed E-state index contributed by atoms with van der Waals surface area (Å²) >= 11 is 0. The number of hydrogen-bond acceptors (Lipinski definition) is 6. The summed E-state index contributed by atoms with van der Waals surface area (Å²) in [7, 11) is 0. The Kier molecular flexibility index (Phi) is 8.63. The number of carboxylic acid groups (broad SMARTS) is 1. The SMILES string of the molecule is C/C(C(=O)NCC(=O)O)=C(/O)C1=C(N(C=O)Cc2ccc(OC(C)C)cc2)COCC1. The van der Waals surface area contributed by atoms with Crippen molar-refractivity contribution in [3.8, 4) is 5.75 Å². The molecule has 9 nitrogen and oxygen atoms in total. The van der Waals surface area contributed by atoms with Gasteiger partial charge in [-0.2, -0.15) is 0 Å². The van der Waals surface area contributed by atoms with Crippen molar-refractivity contribution in [2.24, 2.45) is 0 Å². The number of rotatable bonds is 10. The lowest BCUT2D eigenvalue weighted by Crippen LogP contribution is -2.32. The zero-order chi connectivity index (χ0) is 23.0. The summed E-state index contributed by atoms with van der Waals surface area (Å²) in [5, 5.41) is 21.6. The van der Waals surface area contributed by atoms with Gasteiger partial charge in [0.25, 0.3) is 5.91 Å². The third-order valence-electron chi connectivity index (χ3n) is 4.59. The second-order valence-corrected chi connectivity index (χ2v) is 7.32. The molecule has 31 heavy (non-hydrogen) atoms. The molecule has 0 atom stereocenters. The molecule has 2 amide bonds. The highest BCUT2D eigenvalue weighted by Crippen LogP contribution is 2.27. The topological polar surface area (TPSA) is 125 Å². The molecular weight excluding hydrogens is 404 g/mol. The first-order valence-corrected chi connectivity index (χ1v) is 9.90. The molecule has 2 rings (SSSR count). The zero-order valence-electron chi connectivity index (χ0n) is 17.9. The van der Waals surface area contributed by atoms with E-state index in [1.165, 1.54) is 11.8 Å². The van der Waals surface area contributed by atoms with E-state index in [-0.39, 0.29) is 30.6 Å². The number of carboxylic acids is 1. The predicted molar refractivity (Wildman–Crippen MR) is 112 cm³/mol. The van der Waals surface area contributed by atoms with Gasteiger partial charge < -0.3 is 29.9 Å². The summed E-state index contributed by atoms with van der Waals surface area (Å²) in [5.41, 5.74) is 1.68. The van der Waals surface area contributed by atoms with Gasteiger partial charge >= 0.3 is 5.97 Å². The van der Waals surface area contributed by atoms with Crippen molar-refractivity contribution in [3.05, 3.63) is 52.4 Å². The molecule has 3 N–H and O–H groups in total. The molecule has 0 saturated heterocycles. The number of aliphatic hydroxyl groups excluding tert-OH is 1. The molecular formula is C22H28N2O7. The maximum Gasteiger partial charge on any atom is 0.322 e. The van der Waals surface area contributed by atoms with Crippen LogP contribution in [0.25, 0.3) is 0 Å². The molecule has 0 saturated carbocycles. The van der Waals surface area contributed by atoms with Gasteiger partial charge in [0.2, 0.25) is 6.41 Å². The smallest absolute Gasteiger partial charge is 0.322 e. The Bertz CT molecular complexity index is 872. The lowest BCUT2D eigenvalue weighted by atomic mass is 10.0. The minimum Gasteiger partial charge on any atom is -0.507 e. The second-order valence-electron chi connectivity index (χ2n) is 7.32. The normalized spacial score (nSPS) is 14.7. The van der Waals surface area contributed by atoms with E-state index in [9.17, 15) is 19.5 Å². The third kappa shape index (κ3) is 6.85. The first kappa shape index (κ1) is 23.9. The van der Waals surface area contributed by atoms with Crippen LogP contribution < -0.4 is 10.1 Å². The van der Waals surface area contributed by atoms with E-state index in [1.807, 2.05) is 38.1 Å². The van der Waals surface area contributed by atoms with Crippen LogP contribution in [0.2, 0.25) is 0 Å². The molecule has 9 heteroatoms. The fraction of sp³-hybridized carbons (Fsp3) is 0.409. The van der Waals surface area contributed by atoms with E-state index in [0.717, 1.165) is 11.3 Å². The Morgan fingerprint density at radius 2 is 1.94 bits per heavy atom. The lowest BCUT2D eigenvalue weighted by molar-refractivity contribution is -0.137. The number of carbonyl (C=O) groups excluding carboxylic acids is 2. The Morgan fingerprint density at radius 3 is 2.52 bits per heavy atom. The van der Waals surface area contributed by atoms with Crippen LogP contribution in [0.1, 0.15) is 32.8 Å². The number of carbonyl (C=O) groups is 3. The van der Waals surface area contributed by atoms with Crippen LogP contribution in [-0.4, -0.2) is 59.3 Å². The standard InChI is InChI=1S/C22H28N2O7/c1-14(2)31-17-6-4-16(5-7-17)11-24(13-25)19-12-30-9-8-18(19)21(28)15(3)22(29)23-10-20(26)27/h4-7,13-14,28H,8-12H2,1-3H3,(H,23,29)(H,26,27)/b21-15-. The van der Waals surface area contributed by atoms with Gasteiger partial charge in [0.05, 0.1) is 37.1 Å². The van der Waals surface area contributed by atoms with E-state index in [2.05, 4.69) is 5.32 Å². The van der Waals surface area contributed by atoms with Crippen LogP contribution in [0.3, 0.4) is 0 Å². The van der Waals surface area contributed by atoms with Crippen LogP contribution in [0, 0.1) is 0 Å². The van der Waals surface area contributed by atoms with Crippen molar-refractivity contribution in [3.63, 3.8) is 0 Å². The van der Waals surface area contributed by atoms with E-state index in [0.29, 0.717) is 30.7 Å². The zero-order valence-corrected chi connectivity index (χ0v) is 17.9. The van der Waals surface area contributed by atoms with E-state index in [4.69, 9.17) is 14.6 Å². The van der Waals surface area contributed by atoms with E-state index >= 15 is 0 Å². The Balaban J connectivity index is 2.27. The molecule has 1 aromatic rings. The van der Waals surface area contributed by atoms with Crippen LogP contribution >= 0.6 is 0 Å². The summed E-state index contributed by atoms with van der Waals surface area (Å²) in [4.78, 5) is 36.1. The van der Waals surface area contributed by atoms with Crippen LogP contribution in [0.15, 0.2) is 46.9 Å². The predicted octanol–water partition coefficient (Wildman–Crippen LogP) is 2.14. The third-order valence-corrected chi connectivity index (χ3v) is 4.59. The minimum absolute atomic E-state index is 0.0308. The number of ether oxygens (including phenoxy) is 2. The number of aliphatic hydroxyl groups is 1. The number of allylic oxidation sites excluding steroid dienone is 1. The molecule has 1 aliphatic heterocycles. The van der Waals surface area contributed by atoms with Gasteiger partial charge in [-0.3, -0.25) is 14.4 Å². The lowest BCUT2D eigenvalue weighted by Gasteiger charge is -2.28. The van der Waals surface area contributed by atoms with Crippen molar-refractivity contribution in [2.75, 3.05) is 19.8 Å². The first-order chi connectivity index (χ1) is 14.7. The Morgan fingerprint density at radius 1 is 1.26 bits per heavy atom. The van der Waals surface area contributed by atoms with Crippen molar-refractivity contribution in [2.45, 2.75) is 39.8 Å². The number of benzene rings is 1. The molecule has 0 bridgehead atoms. The number of amides is 2. The summed E-state index contributed by atoms with van der Waals surface area (Å²) in [6.07, 6.45) is 1.00. The van der Waals surface area contributed by atoms with Gasteiger partial charge in [0, 0.05) is 12.0 Å². The molecule has 168 valence electrons. The van der Waals surface area contributed by atoms with Crippen molar-refractivity contribution >= 4 is 18.3 Å². The Hall–Kier alpha value is -3.33. The number of aliphatic carboxylic acids is 1. The van der Waals surface area contributed by atoms with Crippen molar-refractivity contribution in [1.82, 2.24) is 10.2 Å². The van der Waals surface area contributed by atoms with Gasteiger partial charge in [-0.25, -0.2) is 0 Å². The highest BCUT2D eigenvalue weighted by atomic mass is 16.5. The van der Waals surface area contributed by atoms with Gasteiger partial charge in [0.1, 0.15) is 18.1 Å². The van der Waals surface area contributed by atoms with Crippen molar-refractivity contribution < 1.29 is 34.1 Å². The van der Waals surface area contributed by atoms with E-state index < -0.39 is 18.4 Å². The maximum absolute atomic E-state index is 12.1. The quantitative estimate of drug-likeness (QED) is 0.294. The molecule has 0 aliphatic carbocycles. The number of nitrogens with zero attached hydrogens (tertiary/aromatic N) is 1. The second kappa shape index (κ2) is 11.2. The highest BCUT2D eigenvalue weighted by molar-refractivity contribution is 5.95. The monoisotopic (exact) mass is 432 g/mol. The van der Waals surface area contributed by atoms with Crippen LogP contribution in [-0.2, 0) is 25.7 Å². The van der Waals surface area contributed by atoms with Crippen LogP contribution in [0.5, 0.6) is 5.75 Å². The molecule has 1 aliphatic rings. The molecule has 0 aromatic heterocycles. The maximum atomic E-state index is 12.1. The fourth-order valence-electron chi connectivity index (χ4n) is 3.05. The fourth-order valence-corrected chi connectivity index (χ4v) is 3.05. The average molecular weight is 432 g/mol. The number of nitrogens with one attached hydrogen (secondary N) is 1. The van der Waals surface area contributed by atoms with Crippen molar-refractivity contribution in [1.29, 1.82) is 0 Å². The molecule has 0 radical (unpaired) electrons. The molecule has 0 fully saturated rings. The molecule has 1 heterocycles. The summed E-state index contributed by atoms with van der Waals surface area (Å²) in [6.45, 7) is 5.36. The van der Waals surface area contributed by atoms with Gasteiger partial charge in [-0.05, 0) is 38.5 Å². The summed E-state index contributed by atoms with van der Waals surface area (Å²) in [5.74, 6) is -1.45. The van der Waals surface area contributed by atoms with Crippen LogP contribution in [0.4, 0.5) is 0 Å². The van der Waals surface area contributed by atoms with Gasteiger partial charge in [0.15, 0.2) is 0 Å². The average Bonchev–Trinajstić information content (AvgIpc) is 2.75. The largest absolute Gasteiger partial charge is 0.507 e. The Labute approximate surface area is 180 Å². The number of hydrogen-bond donors (Lipinski definition) is 3. The molecule has 0 unspecified atom stereocenters.